The molecule has 90 valence electrons. The van der Waals surface area contributed by atoms with Crippen molar-refractivity contribution < 1.29 is 0 Å². The van der Waals surface area contributed by atoms with Crippen molar-refractivity contribution >= 4 is 0 Å². The van der Waals surface area contributed by atoms with Crippen molar-refractivity contribution in [2.75, 3.05) is 7.05 Å². The molecule has 0 spiro atoms. The fourth-order valence-corrected chi connectivity index (χ4v) is 2.07. The summed E-state index contributed by atoms with van der Waals surface area (Å²) in [6.45, 7) is 7.11. The lowest BCUT2D eigenvalue weighted by molar-refractivity contribution is 0.800. The van der Waals surface area contributed by atoms with E-state index in [1.165, 1.54) is 22.5 Å². The highest BCUT2D eigenvalue weighted by Crippen LogP contribution is 2.18. The number of aromatic nitrogens is 2. The largest absolute Gasteiger partial charge is 0.316 e. The lowest BCUT2D eigenvalue weighted by atomic mass is 10.1. The molecule has 3 heteroatoms. The second-order valence-corrected chi connectivity index (χ2v) is 4.49. The second-order valence-electron chi connectivity index (χ2n) is 4.49. The summed E-state index contributed by atoms with van der Waals surface area (Å²) in [5.74, 6) is 0. The fraction of sp³-hybridized carbons (Fsp3) is 0.357. The van der Waals surface area contributed by atoms with Crippen LogP contribution in [0, 0.1) is 20.8 Å². The van der Waals surface area contributed by atoms with Crippen LogP contribution in [0.3, 0.4) is 0 Å². The van der Waals surface area contributed by atoms with E-state index in [0.29, 0.717) is 0 Å². The standard InChI is InChI=1S/C14H19N3/c1-10-5-6-13(9-15-4)8-14(10)17-12(3)7-11(2)16-17/h5-8,15H,9H2,1-4H3. The number of benzene rings is 1. The average Bonchev–Trinajstić information content (AvgIpc) is 2.61. The molecule has 0 fully saturated rings. The first kappa shape index (κ1) is 11.9. The summed E-state index contributed by atoms with van der Waals surface area (Å²) < 4.78 is 2.02. The number of hydrogen-bond acceptors (Lipinski definition) is 2. The van der Waals surface area contributed by atoms with Crippen LogP contribution in [0.25, 0.3) is 5.69 Å². The summed E-state index contributed by atoms with van der Waals surface area (Å²) in [6, 6.07) is 8.61. The summed E-state index contributed by atoms with van der Waals surface area (Å²) in [4.78, 5) is 0. The molecule has 0 unspecified atom stereocenters. The zero-order valence-electron chi connectivity index (χ0n) is 10.9. The van der Waals surface area contributed by atoms with Crippen LogP contribution in [-0.4, -0.2) is 16.8 Å². The first-order chi connectivity index (χ1) is 8.11. The summed E-state index contributed by atoms with van der Waals surface area (Å²) >= 11 is 0. The first-order valence-electron chi connectivity index (χ1n) is 5.89. The maximum atomic E-state index is 4.54. The van der Waals surface area contributed by atoms with E-state index in [0.717, 1.165) is 12.2 Å². The van der Waals surface area contributed by atoms with Gasteiger partial charge in [0.15, 0.2) is 0 Å². The van der Waals surface area contributed by atoms with Crippen LogP contribution < -0.4 is 5.32 Å². The number of rotatable bonds is 3. The third-order valence-electron chi connectivity index (χ3n) is 2.89. The highest BCUT2D eigenvalue weighted by molar-refractivity contribution is 5.44. The van der Waals surface area contributed by atoms with Gasteiger partial charge in [0.05, 0.1) is 11.4 Å². The van der Waals surface area contributed by atoms with Crippen molar-refractivity contribution in [3.05, 3.63) is 46.8 Å². The summed E-state index contributed by atoms with van der Waals surface area (Å²) in [6.07, 6.45) is 0. The number of aryl methyl sites for hydroxylation is 3. The number of nitrogens with zero attached hydrogens (tertiary/aromatic N) is 2. The van der Waals surface area contributed by atoms with E-state index in [-0.39, 0.29) is 0 Å². The lowest BCUT2D eigenvalue weighted by Gasteiger charge is -2.10. The van der Waals surface area contributed by atoms with Gasteiger partial charge in [0.2, 0.25) is 0 Å². The zero-order chi connectivity index (χ0) is 12.4. The Kier molecular flexibility index (Phi) is 3.29. The number of nitrogens with one attached hydrogen (secondary N) is 1. The summed E-state index contributed by atoms with van der Waals surface area (Å²) in [5.41, 5.74) is 5.92. The van der Waals surface area contributed by atoms with Crippen LogP contribution in [0.5, 0.6) is 0 Å². The summed E-state index contributed by atoms with van der Waals surface area (Å²) in [7, 11) is 1.96. The van der Waals surface area contributed by atoms with Gasteiger partial charge in [0.25, 0.3) is 0 Å². The Morgan fingerprint density at radius 1 is 1.18 bits per heavy atom. The molecule has 2 rings (SSSR count). The Bertz CT molecular complexity index is 526. The minimum atomic E-state index is 0.882. The van der Waals surface area contributed by atoms with Crippen LogP contribution in [0.4, 0.5) is 0 Å². The van der Waals surface area contributed by atoms with E-state index in [1.54, 1.807) is 0 Å². The molecule has 1 N–H and O–H groups in total. The Labute approximate surface area is 102 Å². The van der Waals surface area contributed by atoms with Gasteiger partial charge >= 0.3 is 0 Å². The van der Waals surface area contributed by atoms with E-state index in [1.807, 2.05) is 18.7 Å². The summed E-state index contributed by atoms with van der Waals surface area (Å²) in [5, 5.41) is 7.71. The number of hydrogen-bond donors (Lipinski definition) is 1. The van der Waals surface area contributed by atoms with Crippen LogP contribution in [0.1, 0.15) is 22.5 Å². The molecule has 17 heavy (non-hydrogen) atoms. The second kappa shape index (κ2) is 4.72. The van der Waals surface area contributed by atoms with Crippen LogP contribution in [0.2, 0.25) is 0 Å². The van der Waals surface area contributed by atoms with E-state index >= 15 is 0 Å². The molecule has 0 aliphatic rings. The zero-order valence-corrected chi connectivity index (χ0v) is 10.9. The van der Waals surface area contributed by atoms with Gasteiger partial charge in [0, 0.05) is 12.2 Å². The molecular formula is C14H19N3. The van der Waals surface area contributed by atoms with Crippen molar-refractivity contribution in [1.82, 2.24) is 15.1 Å². The average molecular weight is 229 g/mol. The minimum Gasteiger partial charge on any atom is -0.316 e. The van der Waals surface area contributed by atoms with Gasteiger partial charge in [0.1, 0.15) is 0 Å². The topological polar surface area (TPSA) is 29.9 Å². The SMILES string of the molecule is CNCc1ccc(C)c(-n2nc(C)cc2C)c1. The van der Waals surface area contributed by atoms with E-state index < -0.39 is 0 Å². The molecule has 0 saturated carbocycles. The maximum Gasteiger partial charge on any atom is 0.0681 e. The van der Waals surface area contributed by atoms with Crippen LogP contribution in [0.15, 0.2) is 24.3 Å². The lowest BCUT2D eigenvalue weighted by Crippen LogP contribution is -2.07. The molecule has 1 heterocycles. The molecule has 0 radical (unpaired) electrons. The molecule has 1 aromatic heterocycles. The van der Waals surface area contributed by atoms with Gasteiger partial charge in [-0.15, -0.1) is 0 Å². The molecular weight excluding hydrogens is 210 g/mol. The first-order valence-corrected chi connectivity index (χ1v) is 5.89. The van der Waals surface area contributed by atoms with E-state index in [2.05, 4.69) is 48.5 Å². The maximum absolute atomic E-state index is 4.54. The predicted molar refractivity (Wildman–Crippen MR) is 70.5 cm³/mol. The van der Waals surface area contributed by atoms with E-state index in [4.69, 9.17) is 0 Å². The molecule has 0 saturated heterocycles. The van der Waals surface area contributed by atoms with Gasteiger partial charge in [-0.2, -0.15) is 5.10 Å². The Hall–Kier alpha value is -1.61. The van der Waals surface area contributed by atoms with Gasteiger partial charge in [-0.1, -0.05) is 12.1 Å². The Morgan fingerprint density at radius 3 is 2.53 bits per heavy atom. The Balaban J connectivity index is 2.50. The third kappa shape index (κ3) is 2.39. The van der Waals surface area contributed by atoms with Gasteiger partial charge in [-0.05, 0) is 51.1 Å². The van der Waals surface area contributed by atoms with Crippen molar-refractivity contribution in [3.8, 4) is 5.69 Å². The molecule has 0 aliphatic heterocycles. The van der Waals surface area contributed by atoms with Crippen molar-refractivity contribution in [2.24, 2.45) is 0 Å². The van der Waals surface area contributed by atoms with Crippen LogP contribution >= 0.6 is 0 Å². The molecule has 3 nitrogen and oxygen atoms in total. The molecule has 0 aliphatic carbocycles. The normalized spacial score (nSPS) is 10.8. The van der Waals surface area contributed by atoms with Gasteiger partial charge < -0.3 is 5.32 Å². The quantitative estimate of drug-likeness (QED) is 0.876. The van der Waals surface area contributed by atoms with Crippen molar-refractivity contribution in [1.29, 1.82) is 0 Å². The smallest absolute Gasteiger partial charge is 0.0681 e. The molecule has 1 aromatic carbocycles. The molecule has 2 aromatic rings. The highest BCUT2D eigenvalue weighted by Gasteiger charge is 2.07. The minimum absolute atomic E-state index is 0.882. The molecule has 0 bridgehead atoms. The van der Waals surface area contributed by atoms with Crippen molar-refractivity contribution in [2.45, 2.75) is 27.3 Å². The highest BCUT2D eigenvalue weighted by atomic mass is 15.3. The predicted octanol–water partition coefficient (Wildman–Crippen LogP) is 2.52. The van der Waals surface area contributed by atoms with Crippen LogP contribution in [-0.2, 0) is 6.54 Å². The van der Waals surface area contributed by atoms with Gasteiger partial charge in [-0.25, -0.2) is 4.68 Å². The molecule has 0 atom stereocenters. The van der Waals surface area contributed by atoms with Crippen molar-refractivity contribution in [3.63, 3.8) is 0 Å². The van der Waals surface area contributed by atoms with Gasteiger partial charge in [-0.3, -0.25) is 0 Å². The third-order valence-corrected chi connectivity index (χ3v) is 2.89. The molecule has 0 amide bonds. The fourth-order valence-electron chi connectivity index (χ4n) is 2.07. The Morgan fingerprint density at radius 2 is 1.94 bits per heavy atom. The van der Waals surface area contributed by atoms with E-state index in [9.17, 15) is 0 Å². The monoisotopic (exact) mass is 229 g/mol.